The Bertz CT molecular complexity index is 1100. The van der Waals surface area contributed by atoms with Crippen molar-refractivity contribution < 1.29 is 29.4 Å². The summed E-state index contributed by atoms with van der Waals surface area (Å²) in [6.45, 7) is 7.16. The van der Waals surface area contributed by atoms with E-state index in [4.69, 9.17) is 5.73 Å². The van der Waals surface area contributed by atoms with Gasteiger partial charge in [-0.2, -0.15) is 0 Å². The van der Waals surface area contributed by atoms with Gasteiger partial charge in [-0.15, -0.1) is 0 Å². The fraction of sp³-hybridized carbons (Fsp3) is 0.448. The second-order valence-electron chi connectivity index (χ2n) is 10.5. The van der Waals surface area contributed by atoms with Gasteiger partial charge < -0.3 is 31.9 Å². The summed E-state index contributed by atoms with van der Waals surface area (Å²) in [7, 11) is 0. The van der Waals surface area contributed by atoms with Gasteiger partial charge in [0.05, 0.1) is 6.04 Å². The van der Waals surface area contributed by atoms with Crippen molar-refractivity contribution in [1.82, 2.24) is 16.0 Å². The molecule has 0 aliphatic heterocycles. The van der Waals surface area contributed by atoms with Crippen molar-refractivity contribution in [3.63, 3.8) is 0 Å². The zero-order valence-corrected chi connectivity index (χ0v) is 22.9. The van der Waals surface area contributed by atoms with Crippen molar-refractivity contribution in [2.45, 2.75) is 71.1 Å². The molecule has 2 rings (SSSR count). The highest BCUT2D eigenvalue weighted by Crippen LogP contribution is 2.13. The summed E-state index contributed by atoms with van der Waals surface area (Å²) in [4.78, 5) is 51.1. The second kappa shape index (κ2) is 14.9. The number of carboxylic acid groups (broad SMARTS) is 1. The predicted molar refractivity (Wildman–Crippen MR) is 148 cm³/mol. The molecule has 0 aromatic heterocycles. The smallest absolute Gasteiger partial charge is 0.326 e. The summed E-state index contributed by atoms with van der Waals surface area (Å²) in [6, 6.07) is 11.3. The number of aromatic hydroxyl groups is 1. The lowest BCUT2D eigenvalue weighted by Gasteiger charge is -2.27. The van der Waals surface area contributed by atoms with Crippen molar-refractivity contribution in [3.05, 3.63) is 65.7 Å². The number of benzene rings is 2. The molecule has 0 bridgehead atoms. The van der Waals surface area contributed by atoms with Crippen LogP contribution in [0.15, 0.2) is 54.6 Å². The van der Waals surface area contributed by atoms with E-state index in [1.54, 1.807) is 26.0 Å². The third-order valence-corrected chi connectivity index (χ3v) is 6.21. The molecule has 2 aromatic rings. The van der Waals surface area contributed by atoms with Gasteiger partial charge in [-0.25, -0.2) is 4.79 Å². The summed E-state index contributed by atoms with van der Waals surface area (Å²) in [5.74, 6) is -3.22. The van der Waals surface area contributed by atoms with Crippen LogP contribution >= 0.6 is 0 Å². The highest BCUT2D eigenvalue weighted by molar-refractivity contribution is 5.94. The standard InChI is InChI=1S/C29H40N4O6/c1-17(2)14-24(29(38)39)32-28(37)25(18(3)4)33-27(36)23(16-20-10-12-21(34)13-11-20)31-26(35)22(30)15-19-8-6-5-7-9-19/h5-13,17-18,22-25,34H,14-16,30H2,1-4H3,(H,31,35)(H,32,37)(H,33,36)(H,38,39). The van der Waals surface area contributed by atoms with Crippen LogP contribution in [0.4, 0.5) is 0 Å². The van der Waals surface area contributed by atoms with Crippen molar-refractivity contribution in [2.75, 3.05) is 0 Å². The zero-order chi connectivity index (χ0) is 29.1. The van der Waals surface area contributed by atoms with Crippen LogP contribution in [0.1, 0.15) is 45.2 Å². The molecule has 0 fully saturated rings. The van der Waals surface area contributed by atoms with Gasteiger partial charge in [0.2, 0.25) is 17.7 Å². The number of phenolic OH excluding ortho intramolecular Hbond substituents is 1. The van der Waals surface area contributed by atoms with Crippen LogP contribution in [-0.2, 0) is 32.0 Å². The van der Waals surface area contributed by atoms with E-state index < -0.39 is 47.9 Å². The molecule has 10 heteroatoms. The van der Waals surface area contributed by atoms with Gasteiger partial charge in [-0.3, -0.25) is 14.4 Å². The maximum Gasteiger partial charge on any atom is 0.326 e. The first kappa shape index (κ1) is 31.3. The lowest BCUT2D eigenvalue weighted by Crippen LogP contribution is -2.59. The Kier molecular flexibility index (Phi) is 11.9. The van der Waals surface area contributed by atoms with Crippen molar-refractivity contribution in [2.24, 2.45) is 17.6 Å². The molecule has 39 heavy (non-hydrogen) atoms. The van der Waals surface area contributed by atoms with Gasteiger partial charge in [-0.1, -0.05) is 70.2 Å². The predicted octanol–water partition coefficient (Wildman–Crippen LogP) is 1.75. The molecule has 0 spiro atoms. The molecule has 7 N–H and O–H groups in total. The largest absolute Gasteiger partial charge is 0.508 e. The Morgan fingerprint density at radius 3 is 1.85 bits per heavy atom. The Morgan fingerprint density at radius 2 is 1.31 bits per heavy atom. The van der Waals surface area contributed by atoms with Crippen LogP contribution in [0.2, 0.25) is 0 Å². The third-order valence-electron chi connectivity index (χ3n) is 6.21. The molecule has 10 nitrogen and oxygen atoms in total. The van der Waals surface area contributed by atoms with E-state index in [0.717, 1.165) is 5.56 Å². The number of hydrogen-bond acceptors (Lipinski definition) is 6. The Labute approximate surface area is 229 Å². The monoisotopic (exact) mass is 540 g/mol. The summed E-state index contributed by atoms with van der Waals surface area (Å²) in [5, 5.41) is 27.1. The highest BCUT2D eigenvalue weighted by atomic mass is 16.4. The first-order valence-corrected chi connectivity index (χ1v) is 13.1. The maximum absolute atomic E-state index is 13.4. The Hall–Kier alpha value is -3.92. The number of nitrogens with two attached hydrogens (primary N) is 1. The average Bonchev–Trinajstić information content (AvgIpc) is 2.87. The molecule has 0 aliphatic carbocycles. The van der Waals surface area contributed by atoms with E-state index >= 15 is 0 Å². The Balaban J connectivity index is 2.21. The normalized spacial score (nSPS) is 14.2. The number of carbonyl (C=O) groups excluding carboxylic acids is 3. The van der Waals surface area contributed by atoms with Crippen LogP contribution in [0, 0.1) is 11.8 Å². The highest BCUT2D eigenvalue weighted by Gasteiger charge is 2.32. The first-order chi connectivity index (χ1) is 18.4. The van der Waals surface area contributed by atoms with E-state index in [1.807, 2.05) is 44.2 Å². The molecule has 0 saturated carbocycles. The van der Waals surface area contributed by atoms with Gasteiger partial charge in [0.1, 0.15) is 23.9 Å². The molecule has 212 valence electrons. The minimum atomic E-state index is -1.16. The minimum absolute atomic E-state index is 0.0310. The van der Waals surface area contributed by atoms with Gasteiger partial charge >= 0.3 is 5.97 Å². The van der Waals surface area contributed by atoms with Crippen LogP contribution in [-0.4, -0.2) is 58.1 Å². The molecule has 2 aromatic carbocycles. The van der Waals surface area contributed by atoms with E-state index in [1.165, 1.54) is 12.1 Å². The van der Waals surface area contributed by atoms with Gasteiger partial charge in [0.25, 0.3) is 0 Å². The zero-order valence-electron chi connectivity index (χ0n) is 22.9. The molecular weight excluding hydrogens is 500 g/mol. The van der Waals surface area contributed by atoms with Crippen LogP contribution in [0.3, 0.4) is 0 Å². The number of aliphatic carboxylic acids is 1. The van der Waals surface area contributed by atoms with Crippen LogP contribution < -0.4 is 21.7 Å². The summed E-state index contributed by atoms with van der Waals surface area (Å²) < 4.78 is 0. The van der Waals surface area contributed by atoms with Gasteiger partial charge in [-0.05, 0) is 47.9 Å². The molecule has 4 atom stereocenters. The summed E-state index contributed by atoms with van der Waals surface area (Å²) in [6.07, 6.45) is 0.579. The number of carbonyl (C=O) groups is 4. The van der Waals surface area contributed by atoms with Crippen molar-refractivity contribution in [1.29, 1.82) is 0 Å². The fourth-order valence-corrected chi connectivity index (χ4v) is 4.06. The molecular formula is C29H40N4O6. The number of rotatable bonds is 14. The van der Waals surface area contributed by atoms with Gasteiger partial charge in [0.15, 0.2) is 0 Å². The van der Waals surface area contributed by atoms with E-state index in [-0.39, 0.29) is 36.8 Å². The molecule has 3 amide bonds. The molecule has 0 heterocycles. The van der Waals surface area contributed by atoms with Crippen molar-refractivity contribution in [3.8, 4) is 5.75 Å². The van der Waals surface area contributed by atoms with E-state index in [9.17, 15) is 29.4 Å². The Morgan fingerprint density at radius 1 is 0.744 bits per heavy atom. The second-order valence-corrected chi connectivity index (χ2v) is 10.5. The van der Waals surface area contributed by atoms with Crippen molar-refractivity contribution >= 4 is 23.7 Å². The number of carboxylic acids is 1. The van der Waals surface area contributed by atoms with Gasteiger partial charge in [0, 0.05) is 6.42 Å². The molecule has 0 saturated heterocycles. The van der Waals surface area contributed by atoms with E-state index in [2.05, 4.69) is 16.0 Å². The number of hydrogen-bond donors (Lipinski definition) is 6. The summed E-state index contributed by atoms with van der Waals surface area (Å²) in [5.41, 5.74) is 7.67. The number of nitrogens with one attached hydrogen (secondary N) is 3. The maximum atomic E-state index is 13.4. The molecule has 0 aliphatic rings. The summed E-state index contributed by atoms with van der Waals surface area (Å²) >= 11 is 0. The van der Waals surface area contributed by atoms with Crippen LogP contribution in [0.25, 0.3) is 0 Å². The van der Waals surface area contributed by atoms with E-state index in [0.29, 0.717) is 5.56 Å². The third kappa shape index (κ3) is 10.4. The van der Waals surface area contributed by atoms with Crippen LogP contribution in [0.5, 0.6) is 5.75 Å². The SMILES string of the molecule is CC(C)CC(NC(=O)C(NC(=O)C(Cc1ccc(O)cc1)NC(=O)C(N)Cc1ccccc1)C(C)C)C(=O)O. The number of phenols is 1. The average molecular weight is 541 g/mol. The fourth-order valence-electron chi connectivity index (χ4n) is 4.06. The molecule has 0 radical (unpaired) electrons. The first-order valence-electron chi connectivity index (χ1n) is 13.1. The number of amides is 3. The minimum Gasteiger partial charge on any atom is -0.508 e. The lowest BCUT2D eigenvalue weighted by molar-refractivity contribution is -0.143. The lowest BCUT2D eigenvalue weighted by atomic mass is 9.99. The topological polar surface area (TPSA) is 171 Å². The molecule has 4 unspecified atom stereocenters. The quantitative estimate of drug-likeness (QED) is 0.212.